The van der Waals surface area contributed by atoms with Gasteiger partial charge in [0.05, 0.1) is 19.6 Å². The average molecular weight is 817 g/mol. The number of unbranched alkanes of at least 4 members (excludes halogenated alkanes) is 33. The average Bonchev–Trinajstić information content (AvgIpc) is 3.25. The maximum absolute atomic E-state index is 2.51. The van der Waals surface area contributed by atoms with Gasteiger partial charge in [-0.3, -0.25) is 0 Å². The zero-order chi connectivity index (χ0) is 42.3. The fourth-order valence-electron chi connectivity index (χ4n) is 9.10. The van der Waals surface area contributed by atoms with E-state index in [1.165, 1.54) is 287 Å². The second kappa shape index (κ2) is 45.9. The Morgan fingerprint density at radius 1 is 0.288 bits per heavy atom. The van der Waals surface area contributed by atoms with E-state index in [1.54, 1.807) is 0 Å². The Kier molecular flexibility index (Phi) is 43.1. The number of hydrogen-bond acceptors (Lipinski definition) is 0. The molecule has 0 N–H and O–H groups in total. The van der Waals surface area contributed by atoms with E-state index in [9.17, 15) is 0 Å². The highest BCUT2D eigenvalue weighted by Gasteiger charge is 2.26. The van der Waals surface area contributed by atoms with E-state index in [0.29, 0.717) is 0 Å². The van der Waals surface area contributed by atoms with Gasteiger partial charge in [0.25, 0.3) is 0 Å². The predicted molar refractivity (Wildman–Crippen MR) is 270 cm³/mol. The molecule has 0 aliphatic carbocycles. The topological polar surface area (TPSA) is 0 Å². The third kappa shape index (κ3) is 39.0. The molecule has 0 saturated carbocycles. The van der Waals surface area contributed by atoms with E-state index < -0.39 is 0 Å². The van der Waals surface area contributed by atoms with Crippen molar-refractivity contribution >= 4 is 0 Å². The van der Waals surface area contributed by atoms with Gasteiger partial charge in [0, 0.05) is 5.56 Å². The zero-order valence-electron chi connectivity index (χ0n) is 40.7. The highest BCUT2D eigenvalue weighted by molar-refractivity contribution is 5.13. The van der Waals surface area contributed by atoms with Crippen LogP contribution in [0.1, 0.15) is 277 Å². The molecule has 1 rings (SSSR count). The van der Waals surface area contributed by atoms with E-state index in [0.717, 1.165) is 0 Å². The molecule has 1 nitrogen and oxygen atoms in total. The molecule has 342 valence electrons. The lowest BCUT2D eigenvalue weighted by Crippen LogP contribution is -2.49. The summed E-state index contributed by atoms with van der Waals surface area (Å²) in [5, 5.41) is 0. The van der Waals surface area contributed by atoms with Crippen molar-refractivity contribution in [3.05, 3.63) is 72.4 Å². The molecule has 0 aliphatic heterocycles. The largest absolute Gasteiger partial charge is 0.320 e. The third-order valence-electron chi connectivity index (χ3n) is 13.0. The minimum atomic E-state index is 1.21. The lowest BCUT2D eigenvalue weighted by molar-refractivity contribution is -0.941. The smallest absolute Gasteiger partial charge is 0.104 e. The predicted octanol–water partition coefficient (Wildman–Crippen LogP) is 19.9. The fraction of sp³-hybridized carbons (Fsp3) is 0.793. The van der Waals surface area contributed by atoms with Crippen molar-refractivity contribution < 1.29 is 4.48 Å². The van der Waals surface area contributed by atoms with Gasteiger partial charge in [0.15, 0.2) is 0 Å². The van der Waals surface area contributed by atoms with Crippen molar-refractivity contribution in [3.63, 3.8) is 0 Å². The summed E-state index contributed by atoms with van der Waals surface area (Å²) in [6.45, 7) is 12.2. The molecule has 0 saturated heterocycles. The summed E-state index contributed by atoms with van der Waals surface area (Å²) >= 11 is 0. The molecule has 1 heteroatoms. The minimum Gasteiger partial charge on any atom is -0.320 e. The van der Waals surface area contributed by atoms with Crippen LogP contribution in [0.15, 0.2) is 66.8 Å². The van der Waals surface area contributed by atoms with Crippen LogP contribution in [-0.2, 0) is 6.54 Å². The van der Waals surface area contributed by atoms with Crippen LogP contribution in [0, 0.1) is 0 Å². The number of quaternary nitrogens is 1. The molecular weight excluding hydrogens is 711 g/mol. The molecule has 0 unspecified atom stereocenters. The van der Waals surface area contributed by atoms with Gasteiger partial charge in [-0.25, -0.2) is 0 Å². The Bertz CT molecular complexity index is 921. The van der Waals surface area contributed by atoms with Crippen molar-refractivity contribution in [2.24, 2.45) is 0 Å². The molecule has 0 aliphatic rings. The molecule has 59 heavy (non-hydrogen) atoms. The van der Waals surface area contributed by atoms with E-state index in [-0.39, 0.29) is 0 Å². The van der Waals surface area contributed by atoms with Gasteiger partial charge in [0.1, 0.15) is 6.54 Å². The van der Waals surface area contributed by atoms with Crippen molar-refractivity contribution in [3.8, 4) is 0 Å². The molecule has 1 aromatic rings. The number of benzene rings is 1. The molecule has 1 aromatic carbocycles. The lowest BCUT2D eigenvalue weighted by Gasteiger charge is -2.39. The standard InChI is InChI=1S/C58H106N/c1-4-7-10-13-16-19-22-25-28-31-34-37-40-43-49-54-59(57-58-52-47-46-48-53-58,55-50-44-41-38-35-32-29-26-23-20-17-14-11-8-5-2)56-51-45-42-39-36-33-30-27-24-21-18-15-12-9-6-3/h34-39,46-48,52-53H,4-33,40-45,49-51,54-57H2,1-3H3/q+1/b37-34+,38-35+,39-36+. The van der Waals surface area contributed by atoms with Crippen LogP contribution in [0.4, 0.5) is 0 Å². The van der Waals surface area contributed by atoms with Crippen LogP contribution in [0.5, 0.6) is 0 Å². The molecule has 0 bridgehead atoms. The normalized spacial score (nSPS) is 12.3. The SMILES string of the molecule is CCCCCCCCCCC/C=C/CCCC[N+](CCCC/C=C/CCCCCCCCCCC)(CCCC/C=C/CCCCCCCCCCC)Cc1ccccc1. The van der Waals surface area contributed by atoms with E-state index in [2.05, 4.69) is 87.6 Å². The summed E-state index contributed by atoms with van der Waals surface area (Å²) in [6, 6.07) is 11.5. The molecular formula is C58H106N+. The monoisotopic (exact) mass is 817 g/mol. The molecule has 0 amide bonds. The van der Waals surface area contributed by atoms with Gasteiger partial charge in [-0.2, -0.15) is 0 Å². The Morgan fingerprint density at radius 2 is 0.525 bits per heavy atom. The number of hydrogen-bond donors (Lipinski definition) is 0. The van der Waals surface area contributed by atoms with Crippen LogP contribution in [-0.4, -0.2) is 24.1 Å². The summed E-state index contributed by atoms with van der Waals surface area (Å²) in [5.74, 6) is 0. The first-order valence-corrected chi connectivity index (χ1v) is 27.1. The van der Waals surface area contributed by atoms with Crippen LogP contribution in [0.2, 0.25) is 0 Å². The Morgan fingerprint density at radius 3 is 0.797 bits per heavy atom. The Balaban J connectivity index is 2.56. The van der Waals surface area contributed by atoms with Crippen LogP contribution >= 0.6 is 0 Å². The molecule has 0 aromatic heterocycles. The van der Waals surface area contributed by atoms with Gasteiger partial charge in [-0.1, -0.05) is 242 Å². The van der Waals surface area contributed by atoms with E-state index in [1.807, 2.05) is 0 Å². The summed E-state index contributed by atoms with van der Waals surface area (Å²) in [5.41, 5.74) is 1.54. The van der Waals surface area contributed by atoms with Crippen molar-refractivity contribution in [2.45, 2.75) is 278 Å². The van der Waals surface area contributed by atoms with Crippen LogP contribution in [0.25, 0.3) is 0 Å². The Labute approximate surface area is 372 Å². The number of nitrogens with zero attached hydrogens (tertiary/aromatic N) is 1. The highest BCUT2D eigenvalue weighted by atomic mass is 15.3. The fourth-order valence-corrected chi connectivity index (χ4v) is 9.10. The number of allylic oxidation sites excluding steroid dienone is 6. The van der Waals surface area contributed by atoms with Crippen molar-refractivity contribution in [1.82, 2.24) is 0 Å². The van der Waals surface area contributed by atoms with Gasteiger partial charge < -0.3 is 4.48 Å². The van der Waals surface area contributed by atoms with Crippen LogP contribution in [0.3, 0.4) is 0 Å². The first-order valence-electron chi connectivity index (χ1n) is 27.1. The van der Waals surface area contributed by atoms with E-state index >= 15 is 0 Å². The first-order chi connectivity index (χ1) is 29.3. The Hall–Kier alpha value is -1.60. The third-order valence-corrected chi connectivity index (χ3v) is 13.0. The lowest BCUT2D eigenvalue weighted by atomic mass is 10.1. The highest BCUT2D eigenvalue weighted by Crippen LogP contribution is 2.22. The van der Waals surface area contributed by atoms with E-state index in [4.69, 9.17) is 0 Å². The summed E-state index contributed by atoms with van der Waals surface area (Å²) in [4.78, 5) is 0. The second-order valence-electron chi connectivity index (χ2n) is 18.9. The molecule has 0 spiro atoms. The quantitative estimate of drug-likeness (QED) is 0.0349. The summed E-state index contributed by atoms with van der Waals surface area (Å²) in [6.07, 6.45) is 69.2. The second-order valence-corrected chi connectivity index (χ2v) is 18.9. The molecule has 0 heterocycles. The van der Waals surface area contributed by atoms with Gasteiger partial charge in [-0.15, -0.1) is 0 Å². The first kappa shape index (κ1) is 55.4. The van der Waals surface area contributed by atoms with Crippen LogP contribution < -0.4 is 0 Å². The van der Waals surface area contributed by atoms with Gasteiger partial charge >= 0.3 is 0 Å². The summed E-state index contributed by atoms with van der Waals surface area (Å²) < 4.78 is 1.29. The maximum atomic E-state index is 2.51. The van der Waals surface area contributed by atoms with Gasteiger partial charge in [-0.05, 0) is 96.3 Å². The molecule has 0 fully saturated rings. The molecule has 0 atom stereocenters. The minimum absolute atomic E-state index is 1.21. The maximum Gasteiger partial charge on any atom is 0.104 e. The van der Waals surface area contributed by atoms with Crippen molar-refractivity contribution in [2.75, 3.05) is 19.6 Å². The summed E-state index contributed by atoms with van der Waals surface area (Å²) in [7, 11) is 0. The number of rotatable bonds is 47. The molecule has 0 radical (unpaired) electrons. The van der Waals surface area contributed by atoms with Gasteiger partial charge in [0.2, 0.25) is 0 Å². The van der Waals surface area contributed by atoms with Crippen molar-refractivity contribution in [1.29, 1.82) is 0 Å². The zero-order valence-corrected chi connectivity index (χ0v) is 40.7.